The van der Waals surface area contributed by atoms with E-state index in [0.717, 1.165) is 28.6 Å². The van der Waals surface area contributed by atoms with Crippen LogP contribution in [0.1, 0.15) is 28.0 Å². The third kappa shape index (κ3) is 2.07. The van der Waals surface area contributed by atoms with Crippen molar-refractivity contribution < 1.29 is 4.79 Å². The van der Waals surface area contributed by atoms with Crippen molar-refractivity contribution in [2.24, 2.45) is 5.41 Å². The van der Waals surface area contributed by atoms with Crippen LogP contribution >= 0.6 is 0 Å². The van der Waals surface area contributed by atoms with E-state index in [-0.39, 0.29) is 5.78 Å². The van der Waals surface area contributed by atoms with Crippen molar-refractivity contribution in [1.29, 1.82) is 5.26 Å². The number of nitrogens with one attached hydrogen (secondary N) is 1. The van der Waals surface area contributed by atoms with Crippen LogP contribution in [0.3, 0.4) is 0 Å². The molecule has 1 aromatic heterocycles. The maximum Gasteiger partial charge on any atom is 0.185 e. The molecule has 1 aliphatic carbocycles. The number of hydrogen-bond donors (Lipinski definition) is 1. The van der Waals surface area contributed by atoms with Gasteiger partial charge in [-0.2, -0.15) is 5.26 Å². The smallest absolute Gasteiger partial charge is 0.185 e. The van der Waals surface area contributed by atoms with Crippen molar-refractivity contribution in [3.8, 4) is 6.07 Å². The second kappa shape index (κ2) is 5.10. The molecule has 3 aromatic rings. The predicted octanol–water partition coefficient (Wildman–Crippen LogP) is 4.05. The van der Waals surface area contributed by atoms with E-state index in [1.165, 1.54) is 0 Å². The van der Waals surface area contributed by atoms with Crippen molar-refractivity contribution in [2.45, 2.75) is 19.3 Å². The Hall–Kier alpha value is -2.86. The van der Waals surface area contributed by atoms with Crippen LogP contribution in [0.25, 0.3) is 10.9 Å². The van der Waals surface area contributed by atoms with Gasteiger partial charge in [0, 0.05) is 22.2 Å². The highest BCUT2D eigenvalue weighted by Gasteiger charge is 2.44. The minimum atomic E-state index is -0.959. The minimum absolute atomic E-state index is 0.0393. The van der Waals surface area contributed by atoms with Crippen LogP contribution in [0.15, 0.2) is 54.6 Å². The first kappa shape index (κ1) is 13.8. The summed E-state index contributed by atoms with van der Waals surface area (Å²) in [6.45, 7) is 0. The van der Waals surface area contributed by atoms with Crippen LogP contribution in [-0.2, 0) is 12.8 Å². The number of fused-ring (bicyclic) bond motifs is 3. The Bertz CT molecular complexity index is 933. The zero-order chi connectivity index (χ0) is 15.9. The molecule has 2 aromatic carbocycles. The van der Waals surface area contributed by atoms with Crippen molar-refractivity contribution >= 4 is 16.7 Å². The molecule has 3 nitrogen and oxygen atoms in total. The van der Waals surface area contributed by atoms with E-state index in [2.05, 4.69) is 11.1 Å². The van der Waals surface area contributed by atoms with Gasteiger partial charge in [0.2, 0.25) is 0 Å². The average molecular weight is 300 g/mol. The summed E-state index contributed by atoms with van der Waals surface area (Å²) >= 11 is 0. The Morgan fingerprint density at radius 2 is 1.83 bits per heavy atom. The molecule has 1 atom stereocenters. The van der Waals surface area contributed by atoms with Gasteiger partial charge >= 0.3 is 0 Å². The van der Waals surface area contributed by atoms with Gasteiger partial charge in [-0.05, 0) is 30.9 Å². The molecular weight excluding hydrogens is 284 g/mol. The zero-order valence-corrected chi connectivity index (χ0v) is 12.7. The summed E-state index contributed by atoms with van der Waals surface area (Å²) in [6.07, 6.45) is 1.77. The number of carbonyl (C=O) groups is 1. The largest absolute Gasteiger partial charge is 0.358 e. The average Bonchev–Trinajstić information content (AvgIpc) is 2.97. The van der Waals surface area contributed by atoms with E-state index in [1.807, 2.05) is 54.6 Å². The monoisotopic (exact) mass is 300 g/mol. The molecule has 0 bridgehead atoms. The molecule has 0 fully saturated rings. The van der Waals surface area contributed by atoms with Crippen molar-refractivity contribution in [2.75, 3.05) is 0 Å². The molecule has 1 heterocycles. The van der Waals surface area contributed by atoms with Gasteiger partial charge in [0.05, 0.1) is 6.07 Å². The number of aromatic nitrogens is 1. The van der Waals surface area contributed by atoms with Gasteiger partial charge in [-0.25, -0.2) is 0 Å². The number of ketones is 1. The Labute approximate surface area is 134 Å². The Balaban J connectivity index is 1.82. The number of carbonyl (C=O) groups excluding carboxylic acids is 1. The molecule has 0 amide bonds. The zero-order valence-electron chi connectivity index (χ0n) is 12.7. The molecule has 0 unspecified atom stereocenters. The second-order valence-corrected chi connectivity index (χ2v) is 6.21. The summed E-state index contributed by atoms with van der Waals surface area (Å²) in [5.41, 5.74) is 2.73. The fraction of sp³-hybridized carbons (Fsp3) is 0.200. The van der Waals surface area contributed by atoms with E-state index in [4.69, 9.17) is 0 Å². The number of hydrogen-bond acceptors (Lipinski definition) is 2. The van der Waals surface area contributed by atoms with Crippen molar-refractivity contribution in [1.82, 2.24) is 4.98 Å². The number of H-pyrrole nitrogens is 1. The summed E-state index contributed by atoms with van der Waals surface area (Å²) in [4.78, 5) is 16.5. The van der Waals surface area contributed by atoms with Crippen LogP contribution < -0.4 is 0 Å². The highest BCUT2D eigenvalue weighted by molar-refractivity contribution is 6.13. The third-order valence-corrected chi connectivity index (χ3v) is 4.81. The Morgan fingerprint density at radius 3 is 2.61 bits per heavy atom. The molecule has 3 heteroatoms. The molecule has 0 radical (unpaired) electrons. The second-order valence-electron chi connectivity index (χ2n) is 6.21. The lowest BCUT2D eigenvalue weighted by Gasteiger charge is -2.29. The lowest BCUT2D eigenvalue weighted by Crippen LogP contribution is -2.36. The van der Waals surface area contributed by atoms with Crippen LogP contribution in [-0.4, -0.2) is 10.8 Å². The quantitative estimate of drug-likeness (QED) is 0.776. The van der Waals surface area contributed by atoms with E-state index in [9.17, 15) is 10.1 Å². The standard InChI is InChI=1S/C20H16N2O/c21-13-20(12-14-6-2-1-3-7-14)11-10-17-18(19(20)23)15-8-4-5-9-16(15)22-17/h1-9,22H,10-12H2/t20-/m1/s1. The molecule has 0 aliphatic heterocycles. The predicted molar refractivity (Wildman–Crippen MR) is 89.1 cm³/mol. The van der Waals surface area contributed by atoms with E-state index in [0.29, 0.717) is 18.4 Å². The van der Waals surface area contributed by atoms with Gasteiger partial charge in [-0.1, -0.05) is 48.5 Å². The van der Waals surface area contributed by atoms with Crippen LogP contribution in [0.2, 0.25) is 0 Å². The summed E-state index contributed by atoms with van der Waals surface area (Å²) in [5, 5.41) is 10.8. The summed E-state index contributed by atoms with van der Waals surface area (Å²) in [6, 6.07) is 20.0. The van der Waals surface area contributed by atoms with E-state index < -0.39 is 5.41 Å². The van der Waals surface area contributed by atoms with Crippen LogP contribution in [0.4, 0.5) is 0 Å². The van der Waals surface area contributed by atoms with Gasteiger partial charge in [-0.3, -0.25) is 4.79 Å². The first-order chi connectivity index (χ1) is 11.2. The molecule has 112 valence electrons. The molecule has 23 heavy (non-hydrogen) atoms. The van der Waals surface area contributed by atoms with E-state index >= 15 is 0 Å². The highest BCUT2D eigenvalue weighted by atomic mass is 16.1. The number of Topliss-reactive ketones (excluding diaryl/α,β-unsaturated/α-hetero) is 1. The topological polar surface area (TPSA) is 56.6 Å². The third-order valence-electron chi connectivity index (χ3n) is 4.81. The summed E-state index contributed by atoms with van der Waals surface area (Å²) < 4.78 is 0. The van der Waals surface area contributed by atoms with Gasteiger partial charge in [0.25, 0.3) is 0 Å². The van der Waals surface area contributed by atoms with Gasteiger partial charge in [0.1, 0.15) is 5.41 Å². The number of para-hydroxylation sites is 1. The first-order valence-corrected chi connectivity index (χ1v) is 7.83. The number of benzene rings is 2. The van der Waals surface area contributed by atoms with Gasteiger partial charge in [0.15, 0.2) is 5.78 Å². The maximum absolute atomic E-state index is 13.2. The Kier molecular flexibility index (Phi) is 3.06. The first-order valence-electron chi connectivity index (χ1n) is 7.83. The number of nitriles is 1. The molecule has 0 saturated heterocycles. The molecular formula is C20H16N2O. The number of aryl methyl sites for hydroxylation is 1. The minimum Gasteiger partial charge on any atom is -0.358 e. The fourth-order valence-corrected chi connectivity index (χ4v) is 3.59. The van der Waals surface area contributed by atoms with Crippen LogP contribution in [0.5, 0.6) is 0 Å². The Morgan fingerprint density at radius 1 is 1.09 bits per heavy atom. The van der Waals surface area contributed by atoms with Crippen molar-refractivity contribution in [3.63, 3.8) is 0 Å². The number of aromatic amines is 1. The van der Waals surface area contributed by atoms with Crippen molar-refractivity contribution in [3.05, 3.63) is 71.4 Å². The molecule has 0 spiro atoms. The number of nitrogens with zero attached hydrogens (tertiary/aromatic N) is 1. The van der Waals surface area contributed by atoms with Gasteiger partial charge in [-0.15, -0.1) is 0 Å². The van der Waals surface area contributed by atoms with E-state index in [1.54, 1.807) is 0 Å². The summed E-state index contributed by atoms with van der Waals surface area (Å²) in [5.74, 6) is -0.0393. The molecule has 1 N–H and O–H groups in total. The molecule has 0 saturated carbocycles. The van der Waals surface area contributed by atoms with Gasteiger partial charge < -0.3 is 4.98 Å². The van der Waals surface area contributed by atoms with Crippen LogP contribution in [0, 0.1) is 16.7 Å². The number of rotatable bonds is 2. The molecule has 4 rings (SSSR count). The molecule has 1 aliphatic rings. The summed E-state index contributed by atoms with van der Waals surface area (Å²) in [7, 11) is 0. The maximum atomic E-state index is 13.2. The fourth-order valence-electron chi connectivity index (χ4n) is 3.59. The highest BCUT2D eigenvalue weighted by Crippen LogP contribution is 2.40. The SMILES string of the molecule is N#C[C@]1(Cc2ccccc2)CCc2[nH]c3ccccc3c2C1=O. The normalized spacial score (nSPS) is 20.2. The lowest BCUT2D eigenvalue weighted by molar-refractivity contribution is 0.0835. The lowest BCUT2D eigenvalue weighted by atomic mass is 9.69.